The molecule has 0 radical (unpaired) electrons. The van der Waals surface area contributed by atoms with Crippen LogP contribution in [-0.2, 0) is 6.54 Å². The number of anilines is 2. The third-order valence-electron chi connectivity index (χ3n) is 3.97. The first kappa shape index (κ1) is 13.2. The number of nitrogens with two attached hydrogens (primary N) is 1. The highest BCUT2D eigenvalue weighted by Gasteiger charge is 2.21. The molecule has 1 aliphatic rings. The van der Waals surface area contributed by atoms with E-state index in [1.165, 1.54) is 25.7 Å². The summed E-state index contributed by atoms with van der Waals surface area (Å²) in [5, 5.41) is 8.13. The second-order valence-electron chi connectivity index (χ2n) is 5.67. The van der Waals surface area contributed by atoms with Gasteiger partial charge in [-0.3, -0.25) is 0 Å². The lowest BCUT2D eigenvalue weighted by Gasteiger charge is -2.28. The number of rotatable bonds is 4. The zero-order valence-corrected chi connectivity index (χ0v) is 11.9. The Morgan fingerprint density at radius 1 is 1.33 bits per heavy atom. The molecular formula is C14H26N4. The number of nitrogens with zero attached hydrogens (tertiary/aromatic N) is 2. The van der Waals surface area contributed by atoms with E-state index in [1.54, 1.807) is 0 Å². The topological polar surface area (TPSA) is 55.9 Å². The summed E-state index contributed by atoms with van der Waals surface area (Å²) in [6.45, 7) is 7.43. The van der Waals surface area contributed by atoms with Gasteiger partial charge in [0.1, 0.15) is 5.82 Å². The molecule has 1 heterocycles. The second-order valence-corrected chi connectivity index (χ2v) is 5.67. The zero-order valence-electron chi connectivity index (χ0n) is 11.9. The monoisotopic (exact) mass is 250 g/mol. The highest BCUT2D eigenvalue weighted by molar-refractivity contribution is 5.65. The summed E-state index contributed by atoms with van der Waals surface area (Å²) >= 11 is 0. The Balaban J connectivity index is 2.07. The van der Waals surface area contributed by atoms with Gasteiger partial charge < -0.3 is 11.1 Å². The van der Waals surface area contributed by atoms with Crippen LogP contribution in [0.1, 0.15) is 51.6 Å². The van der Waals surface area contributed by atoms with Crippen LogP contribution < -0.4 is 11.1 Å². The van der Waals surface area contributed by atoms with Gasteiger partial charge in [0.15, 0.2) is 0 Å². The van der Waals surface area contributed by atoms with Gasteiger partial charge in [0.25, 0.3) is 0 Å². The van der Waals surface area contributed by atoms with Gasteiger partial charge in [0.05, 0.1) is 11.4 Å². The Morgan fingerprint density at radius 2 is 2.00 bits per heavy atom. The van der Waals surface area contributed by atoms with E-state index in [-0.39, 0.29) is 0 Å². The summed E-state index contributed by atoms with van der Waals surface area (Å²) in [4.78, 5) is 0. The predicted octanol–water partition coefficient (Wildman–Crippen LogP) is 3.17. The number of nitrogens with one attached hydrogen (secondary N) is 1. The summed E-state index contributed by atoms with van der Waals surface area (Å²) < 4.78 is 2.03. The first-order valence-electron chi connectivity index (χ1n) is 7.21. The predicted molar refractivity (Wildman–Crippen MR) is 76.7 cm³/mol. The van der Waals surface area contributed by atoms with Gasteiger partial charge in [-0.15, -0.1) is 0 Å². The summed E-state index contributed by atoms with van der Waals surface area (Å²) in [6.07, 6.45) is 6.21. The first-order valence-corrected chi connectivity index (χ1v) is 7.21. The Hall–Kier alpha value is -1.19. The number of aromatic nitrogens is 2. The van der Waals surface area contributed by atoms with E-state index in [2.05, 4.69) is 24.3 Å². The van der Waals surface area contributed by atoms with Crippen molar-refractivity contribution < 1.29 is 0 Å². The molecule has 0 bridgehead atoms. The fourth-order valence-corrected chi connectivity index (χ4v) is 2.72. The van der Waals surface area contributed by atoms with E-state index in [0.717, 1.165) is 36.1 Å². The highest BCUT2D eigenvalue weighted by atomic mass is 15.3. The molecule has 1 fully saturated rings. The lowest BCUT2D eigenvalue weighted by molar-refractivity contribution is 0.359. The Kier molecular flexibility index (Phi) is 4.15. The van der Waals surface area contributed by atoms with Crippen molar-refractivity contribution in [1.29, 1.82) is 0 Å². The van der Waals surface area contributed by atoms with Gasteiger partial charge in [-0.1, -0.05) is 13.8 Å². The molecule has 1 aromatic heterocycles. The number of aryl methyl sites for hydroxylation is 2. The number of hydrogen-bond donors (Lipinski definition) is 2. The van der Waals surface area contributed by atoms with Gasteiger partial charge >= 0.3 is 0 Å². The molecule has 0 amide bonds. The standard InChI is InChI=1S/C14H26N4/c1-4-9-18-14(13(15)11(3)17-18)16-12-7-5-10(2)6-8-12/h10,12,16H,4-9,15H2,1-3H3. The van der Waals surface area contributed by atoms with Crippen LogP contribution in [0, 0.1) is 12.8 Å². The Bertz CT molecular complexity index is 389. The van der Waals surface area contributed by atoms with Crippen molar-refractivity contribution in [2.24, 2.45) is 5.92 Å². The molecule has 4 heteroatoms. The SMILES string of the molecule is CCCn1nc(C)c(N)c1NC1CCC(C)CC1. The molecule has 0 spiro atoms. The van der Waals surface area contributed by atoms with Crippen molar-refractivity contribution in [2.45, 2.75) is 65.5 Å². The maximum Gasteiger partial charge on any atom is 0.148 e. The van der Waals surface area contributed by atoms with Crippen LogP contribution in [0.3, 0.4) is 0 Å². The molecule has 0 atom stereocenters. The molecule has 0 saturated heterocycles. The maximum atomic E-state index is 6.13. The molecule has 1 aliphatic carbocycles. The summed E-state index contributed by atoms with van der Waals surface area (Å²) in [5.41, 5.74) is 7.89. The van der Waals surface area contributed by atoms with Crippen molar-refractivity contribution in [2.75, 3.05) is 11.1 Å². The normalized spacial score (nSPS) is 24.2. The molecule has 0 aliphatic heterocycles. The van der Waals surface area contributed by atoms with Crippen molar-refractivity contribution in [3.8, 4) is 0 Å². The van der Waals surface area contributed by atoms with E-state index in [4.69, 9.17) is 5.73 Å². The van der Waals surface area contributed by atoms with Crippen LogP contribution in [0.15, 0.2) is 0 Å². The average Bonchev–Trinajstić information content (AvgIpc) is 2.60. The smallest absolute Gasteiger partial charge is 0.148 e. The minimum atomic E-state index is 0.565. The van der Waals surface area contributed by atoms with Gasteiger partial charge in [0, 0.05) is 12.6 Å². The summed E-state index contributed by atoms with van der Waals surface area (Å²) in [7, 11) is 0. The fourth-order valence-electron chi connectivity index (χ4n) is 2.72. The van der Waals surface area contributed by atoms with Crippen molar-refractivity contribution in [3.63, 3.8) is 0 Å². The lowest BCUT2D eigenvalue weighted by atomic mass is 9.87. The molecule has 1 aromatic rings. The van der Waals surface area contributed by atoms with Crippen LogP contribution >= 0.6 is 0 Å². The number of nitrogen functional groups attached to an aromatic ring is 1. The molecule has 0 unspecified atom stereocenters. The van der Waals surface area contributed by atoms with Crippen LogP contribution in [0.2, 0.25) is 0 Å². The molecule has 1 saturated carbocycles. The lowest BCUT2D eigenvalue weighted by Crippen LogP contribution is -2.27. The Labute approximate surface area is 110 Å². The summed E-state index contributed by atoms with van der Waals surface area (Å²) in [5.74, 6) is 1.91. The third kappa shape index (κ3) is 2.79. The molecule has 18 heavy (non-hydrogen) atoms. The van der Waals surface area contributed by atoms with E-state index in [1.807, 2.05) is 11.6 Å². The largest absolute Gasteiger partial charge is 0.394 e. The van der Waals surface area contributed by atoms with Gasteiger partial charge in [-0.05, 0) is 44.9 Å². The van der Waals surface area contributed by atoms with Gasteiger partial charge in [-0.2, -0.15) is 5.10 Å². The maximum absolute atomic E-state index is 6.13. The first-order chi connectivity index (χ1) is 8.61. The van der Waals surface area contributed by atoms with Crippen LogP contribution in [0.4, 0.5) is 11.5 Å². The van der Waals surface area contributed by atoms with Crippen LogP contribution in [0.5, 0.6) is 0 Å². The minimum Gasteiger partial charge on any atom is -0.394 e. The highest BCUT2D eigenvalue weighted by Crippen LogP contribution is 2.29. The summed E-state index contributed by atoms with van der Waals surface area (Å²) in [6, 6.07) is 0.565. The van der Waals surface area contributed by atoms with E-state index < -0.39 is 0 Å². The fraction of sp³-hybridized carbons (Fsp3) is 0.786. The van der Waals surface area contributed by atoms with E-state index >= 15 is 0 Å². The quantitative estimate of drug-likeness (QED) is 0.863. The zero-order chi connectivity index (χ0) is 13.1. The van der Waals surface area contributed by atoms with Gasteiger partial charge in [0.2, 0.25) is 0 Å². The minimum absolute atomic E-state index is 0.565. The number of hydrogen-bond acceptors (Lipinski definition) is 3. The van der Waals surface area contributed by atoms with Crippen molar-refractivity contribution in [3.05, 3.63) is 5.69 Å². The second kappa shape index (κ2) is 5.63. The van der Waals surface area contributed by atoms with Crippen molar-refractivity contribution in [1.82, 2.24) is 9.78 Å². The molecule has 4 nitrogen and oxygen atoms in total. The van der Waals surface area contributed by atoms with Crippen molar-refractivity contribution >= 4 is 11.5 Å². The van der Waals surface area contributed by atoms with Crippen LogP contribution in [0.25, 0.3) is 0 Å². The van der Waals surface area contributed by atoms with Gasteiger partial charge in [-0.25, -0.2) is 4.68 Å². The van der Waals surface area contributed by atoms with E-state index in [9.17, 15) is 0 Å². The molecular weight excluding hydrogens is 224 g/mol. The molecule has 102 valence electrons. The molecule has 2 rings (SSSR count). The average molecular weight is 250 g/mol. The molecule has 0 aromatic carbocycles. The molecule has 3 N–H and O–H groups in total. The Morgan fingerprint density at radius 3 is 2.61 bits per heavy atom. The third-order valence-corrected chi connectivity index (χ3v) is 3.97. The van der Waals surface area contributed by atoms with Crippen LogP contribution in [-0.4, -0.2) is 15.8 Å². The van der Waals surface area contributed by atoms with E-state index in [0.29, 0.717) is 6.04 Å².